The third kappa shape index (κ3) is 3.56. The molecule has 2 heteroatoms. The second-order valence-corrected chi connectivity index (χ2v) is 3.98. The first kappa shape index (κ1) is 12.1. The average Bonchev–Trinajstić information content (AvgIpc) is 2.52. The Bertz CT molecular complexity index is 314. The lowest BCUT2D eigenvalue weighted by molar-refractivity contribution is 0.489. The third-order valence-corrected chi connectivity index (χ3v) is 2.58. The number of allylic oxidation sites excluding steroid dienone is 1. The molecule has 0 aromatic carbocycles. The molecule has 1 unspecified atom stereocenters. The van der Waals surface area contributed by atoms with Gasteiger partial charge in [0.05, 0.1) is 0 Å². The van der Waals surface area contributed by atoms with E-state index < -0.39 is 0 Å². The Morgan fingerprint density at radius 3 is 2.80 bits per heavy atom. The summed E-state index contributed by atoms with van der Waals surface area (Å²) < 4.78 is 5.51. The first-order valence-electron chi connectivity index (χ1n) is 5.56. The fraction of sp³-hybridized carbons (Fsp3) is 0.538. The fourth-order valence-electron chi connectivity index (χ4n) is 1.76. The van der Waals surface area contributed by atoms with Crippen LogP contribution < -0.4 is 5.32 Å². The van der Waals surface area contributed by atoms with Crippen molar-refractivity contribution in [2.24, 2.45) is 0 Å². The molecule has 15 heavy (non-hydrogen) atoms. The van der Waals surface area contributed by atoms with Crippen LogP contribution in [0.1, 0.15) is 42.9 Å². The number of unbranched alkanes of at least 4 members (excludes halogenated alkanes) is 1. The van der Waals surface area contributed by atoms with Crippen molar-refractivity contribution in [1.82, 2.24) is 5.32 Å². The summed E-state index contributed by atoms with van der Waals surface area (Å²) in [5, 5.41) is 3.48. The van der Waals surface area contributed by atoms with Crippen LogP contribution >= 0.6 is 0 Å². The van der Waals surface area contributed by atoms with E-state index in [9.17, 15) is 0 Å². The van der Waals surface area contributed by atoms with Crippen LogP contribution in [0.2, 0.25) is 0 Å². The molecule has 1 atom stereocenters. The maximum Gasteiger partial charge on any atom is 0.105 e. The van der Waals surface area contributed by atoms with E-state index in [1.807, 2.05) is 19.9 Å². The summed E-state index contributed by atoms with van der Waals surface area (Å²) in [4.78, 5) is 0. The number of furan rings is 1. The second kappa shape index (κ2) is 5.76. The molecule has 0 aliphatic carbocycles. The van der Waals surface area contributed by atoms with Gasteiger partial charge in [0.1, 0.15) is 11.5 Å². The van der Waals surface area contributed by atoms with Gasteiger partial charge >= 0.3 is 0 Å². The van der Waals surface area contributed by atoms with E-state index >= 15 is 0 Å². The highest BCUT2D eigenvalue weighted by Gasteiger charge is 2.11. The number of hydrogen-bond acceptors (Lipinski definition) is 2. The predicted molar refractivity (Wildman–Crippen MR) is 64.0 cm³/mol. The zero-order valence-corrected chi connectivity index (χ0v) is 9.97. The van der Waals surface area contributed by atoms with Crippen LogP contribution in [0.15, 0.2) is 23.1 Å². The first-order valence-corrected chi connectivity index (χ1v) is 5.56. The van der Waals surface area contributed by atoms with Gasteiger partial charge in [0, 0.05) is 11.6 Å². The van der Waals surface area contributed by atoms with E-state index in [4.69, 9.17) is 4.42 Å². The van der Waals surface area contributed by atoms with Crippen LogP contribution in [0, 0.1) is 13.8 Å². The molecule has 84 valence electrons. The minimum atomic E-state index is 0.368. The molecule has 0 aliphatic rings. The maximum absolute atomic E-state index is 5.51. The Hall–Kier alpha value is -1.02. The smallest absolute Gasteiger partial charge is 0.105 e. The van der Waals surface area contributed by atoms with Crippen molar-refractivity contribution in [3.8, 4) is 0 Å². The monoisotopic (exact) mass is 207 g/mol. The van der Waals surface area contributed by atoms with E-state index in [2.05, 4.69) is 24.9 Å². The zero-order valence-electron chi connectivity index (χ0n) is 9.97. The van der Waals surface area contributed by atoms with Crippen LogP contribution in [-0.2, 0) is 0 Å². The van der Waals surface area contributed by atoms with E-state index in [0.717, 1.165) is 30.9 Å². The van der Waals surface area contributed by atoms with Gasteiger partial charge in [-0.15, -0.1) is 6.58 Å². The molecule has 0 saturated heterocycles. The molecular weight excluding hydrogens is 186 g/mol. The first-order chi connectivity index (χ1) is 7.15. The molecule has 0 amide bonds. The quantitative estimate of drug-likeness (QED) is 0.570. The van der Waals surface area contributed by atoms with Crippen molar-refractivity contribution in [2.45, 2.75) is 39.7 Å². The van der Waals surface area contributed by atoms with Gasteiger partial charge in [0.2, 0.25) is 0 Å². The molecular formula is C13H21NO. The zero-order chi connectivity index (χ0) is 11.3. The minimum absolute atomic E-state index is 0.368. The molecule has 0 saturated carbocycles. The molecule has 1 aromatic rings. The highest BCUT2D eigenvalue weighted by Crippen LogP contribution is 2.20. The van der Waals surface area contributed by atoms with E-state index in [1.54, 1.807) is 0 Å². The predicted octanol–water partition coefficient (Wildman–Crippen LogP) is 3.51. The average molecular weight is 207 g/mol. The fourth-order valence-corrected chi connectivity index (χ4v) is 1.76. The van der Waals surface area contributed by atoms with E-state index in [0.29, 0.717) is 6.04 Å². The largest absolute Gasteiger partial charge is 0.466 e. The Kier molecular flexibility index (Phi) is 4.63. The van der Waals surface area contributed by atoms with Gasteiger partial charge < -0.3 is 9.73 Å². The van der Waals surface area contributed by atoms with Gasteiger partial charge in [-0.25, -0.2) is 0 Å². The number of nitrogens with one attached hydrogen (secondary N) is 1. The summed E-state index contributed by atoms with van der Waals surface area (Å²) in [6.45, 7) is 10.9. The Morgan fingerprint density at radius 1 is 1.53 bits per heavy atom. The lowest BCUT2D eigenvalue weighted by atomic mass is 10.1. The molecule has 0 spiro atoms. The third-order valence-electron chi connectivity index (χ3n) is 2.58. The maximum atomic E-state index is 5.51. The summed E-state index contributed by atoms with van der Waals surface area (Å²) in [5.74, 6) is 2.01. The molecule has 1 aromatic heterocycles. The molecule has 0 aliphatic heterocycles. The summed E-state index contributed by atoms with van der Waals surface area (Å²) in [6.07, 6.45) is 4.17. The van der Waals surface area contributed by atoms with Crippen LogP contribution in [0.5, 0.6) is 0 Å². The van der Waals surface area contributed by atoms with Gasteiger partial charge in [-0.1, -0.05) is 6.08 Å². The normalized spacial score (nSPS) is 12.7. The molecule has 1 N–H and O–H groups in total. The van der Waals surface area contributed by atoms with Gasteiger partial charge in [0.25, 0.3) is 0 Å². The van der Waals surface area contributed by atoms with Crippen LogP contribution in [0.3, 0.4) is 0 Å². The summed E-state index contributed by atoms with van der Waals surface area (Å²) in [5.41, 5.74) is 1.27. The number of rotatable bonds is 6. The highest BCUT2D eigenvalue weighted by molar-refractivity contribution is 5.23. The lowest BCUT2D eigenvalue weighted by Gasteiger charge is -2.12. The van der Waals surface area contributed by atoms with Gasteiger partial charge in [-0.05, 0) is 46.2 Å². The topological polar surface area (TPSA) is 25.2 Å². The Morgan fingerprint density at radius 2 is 2.27 bits per heavy atom. The number of aryl methyl sites for hydroxylation is 2. The van der Waals surface area contributed by atoms with Crippen molar-refractivity contribution in [1.29, 1.82) is 0 Å². The van der Waals surface area contributed by atoms with Gasteiger partial charge in [-0.3, -0.25) is 0 Å². The highest BCUT2D eigenvalue weighted by atomic mass is 16.3. The summed E-state index contributed by atoms with van der Waals surface area (Å²) in [7, 11) is 0. The second-order valence-electron chi connectivity index (χ2n) is 3.98. The van der Waals surface area contributed by atoms with Gasteiger partial charge in [-0.2, -0.15) is 0 Å². The Balaban J connectivity index is 2.42. The summed E-state index contributed by atoms with van der Waals surface area (Å²) >= 11 is 0. The molecule has 2 nitrogen and oxygen atoms in total. The van der Waals surface area contributed by atoms with Crippen molar-refractivity contribution in [2.75, 3.05) is 6.54 Å². The van der Waals surface area contributed by atoms with Gasteiger partial charge in [0.15, 0.2) is 0 Å². The Labute approximate surface area is 92.4 Å². The minimum Gasteiger partial charge on any atom is -0.466 e. The molecule has 0 radical (unpaired) electrons. The summed E-state index contributed by atoms with van der Waals surface area (Å²) in [6, 6.07) is 2.48. The van der Waals surface area contributed by atoms with E-state index in [-0.39, 0.29) is 0 Å². The van der Waals surface area contributed by atoms with Crippen LogP contribution in [0.4, 0.5) is 0 Å². The molecule has 1 heterocycles. The number of hydrogen-bond donors (Lipinski definition) is 1. The van der Waals surface area contributed by atoms with Crippen molar-refractivity contribution < 1.29 is 4.42 Å². The molecule has 0 fully saturated rings. The SMILES string of the molecule is C=CCCCNC(C)c1cc(C)oc1C. The van der Waals surface area contributed by atoms with Crippen molar-refractivity contribution in [3.05, 3.63) is 35.8 Å². The van der Waals surface area contributed by atoms with Crippen LogP contribution in [0.25, 0.3) is 0 Å². The van der Waals surface area contributed by atoms with E-state index in [1.165, 1.54) is 5.56 Å². The molecule has 0 bridgehead atoms. The van der Waals surface area contributed by atoms with Crippen LogP contribution in [-0.4, -0.2) is 6.54 Å². The molecule has 1 rings (SSSR count). The van der Waals surface area contributed by atoms with Crippen molar-refractivity contribution in [3.63, 3.8) is 0 Å². The lowest BCUT2D eigenvalue weighted by Crippen LogP contribution is -2.19. The standard InChI is InChI=1S/C13H21NO/c1-5-6-7-8-14-11(3)13-9-10(2)15-12(13)4/h5,9,11,14H,1,6-8H2,2-4H3. The van der Waals surface area contributed by atoms with Crippen molar-refractivity contribution >= 4 is 0 Å².